The van der Waals surface area contributed by atoms with Crippen LogP contribution < -0.4 is 10.2 Å². The van der Waals surface area contributed by atoms with E-state index in [-0.39, 0.29) is 0 Å². The smallest absolute Gasteiger partial charge is 0.0366 e. The van der Waals surface area contributed by atoms with Gasteiger partial charge in [-0.25, -0.2) is 0 Å². The largest absolute Gasteiger partial charge is 0.370 e. The Hall–Kier alpha value is -1.28. The minimum Gasteiger partial charge on any atom is -0.370 e. The van der Waals surface area contributed by atoms with E-state index in [1.165, 1.54) is 24.1 Å². The zero-order valence-corrected chi connectivity index (χ0v) is 11.8. The van der Waals surface area contributed by atoms with Gasteiger partial charge in [-0.2, -0.15) is 0 Å². The van der Waals surface area contributed by atoms with Crippen molar-refractivity contribution in [2.24, 2.45) is 0 Å². The number of hydrogen-bond donors (Lipinski definition) is 1. The first-order valence-corrected chi connectivity index (χ1v) is 6.89. The molecule has 1 aromatic carbocycles. The van der Waals surface area contributed by atoms with Gasteiger partial charge >= 0.3 is 0 Å². The van der Waals surface area contributed by atoms with Crippen LogP contribution >= 0.6 is 0 Å². The van der Waals surface area contributed by atoms with Crippen LogP contribution in [0.4, 0.5) is 5.69 Å². The molecular formula is C16H26N2. The summed E-state index contributed by atoms with van der Waals surface area (Å²) in [6.45, 7) is 12.3. The molecule has 0 heterocycles. The summed E-state index contributed by atoms with van der Waals surface area (Å²) in [6, 6.07) is 10.7. The predicted molar refractivity (Wildman–Crippen MR) is 81.2 cm³/mol. The lowest BCUT2D eigenvalue weighted by atomic mass is 10.2. The molecule has 0 unspecified atom stereocenters. The number of unbranched alkanes of at least 4 members (excludes halogenated alkanes) is 1. The molecule has 0 fully saturated rings. The fourth-order valence-electron chi connectivity index (χ4n) is 1.87. The molecule has 1 aromatic rings. The fourth-order valence-corrected chi connectivity index (χ4v) is 1.87. The Balaban J connectivity index is 2.43. The molecule has 0 radical (unpaired) electrons. The number of benzene rings is 1. The van der Waals surface area contributed by atoms with Crippen LogP contribution in [0.2, 0.25) is 0 Å². The van der Waals surface area contributed by atoms with Crippen molar-refractivity contribution < 1.29 is 0 Å². The van der Waals surface area contributed by atoms with Gasteiger partial charge in [-0.1, -0.05) is 43.7 Å². The van der Waals surface area contributed by atoms with Crippen molar-refractivity contribution in [3.8, 4) is 0 Å². The first-order chi connectivity index (χ1) is 8.74. The Morgan fingerprint density at radius 2 is 1.94 bits per heavy atom. The van der Waals surface area contributed by atoms with Crippen LogP contribution in [0.25, 0.3) is 0 Å². The highest BCUT2D eigenvalue weighted by Crippen LogP contribution is 2.13. The fraction of sp³-hybridized carbons (Fsp3) is 0.500. The molecular weight excluding hydrogens is 220 g/mol. The summed E-state index contributed by atoms with van der Waals surface area (Å²) in [5.41, 5.74) is 2.51. The second-order valence-corrected chi connectivity index (χ2v) is 4.81. The maximum atomic E-state index is 3.90. The molecule has 1 rings (SSSR count). The monoisotopic (exact) mass is 246 g/mol. The van der Waals surface area contributed by atoms with Crippen molar-refractivity contribution in [1.29, 1.82) is 0 Å². The average Bonchev–Trinajstić information content (AvgIpc) is 2.38. The van der Waals surface area contributed by atoms with Gasteiger partial charge in [-0.3, -0.25) is 0 Å². The van der Waals surface area contributed by atoms with Crippen LogP contribution in [0, 0.1) is 0 Å². The number of hydrogen-bond acceptors (Lipinski definition) is 2. The van der Waals surface area contributed by atoms with Crippen LogP contribution in [-0.4, -0.2) is 26.2 Å². The molecule has 0 aliphatic heterocycles. The van der Waals surface area contributed by atoms with Crippen molar-refractivity contribution in [3.05, 3.63) is 42.5 Å². The molecule has 0 aromatic heterocycles. The number of nitrogens with zero attached hydrogens (tertiary/aromatic N) is 1. The quantitative estimate of drug-likeness (QED) is 0.530. The minimum atomic E-state index is 0.913. The van der Waals surface area contributed by atoms with Gasteiger partial charge in [-0.15, -0.1) is 0 Å². The van der Waals surface area contributed by atoms with Gasteiger partial charge in [0.2, 0.25) is 0 Å². The predicted octanol–water partition coefficient (Wildman–Crippen LogP) is 3.46. The third kappa shape index (κ3) is 5.87. The normalized spacial score (nSPS) is 10.3. The Morgan fingerprint density at radius 3 is 2.56 bits per heavy atom. The van der Waals surface area contributed by atoms with E-state index < -0.39 is 0 Å². The number of anilines is 1. The highest BCUT2D eigenvalue weighted by molar-refractivity contribution is 5.45. The maximum Gasteiger partial charge on any atom is 0.0366 e. The second kappa shape index (κ2) is 8.76. The lowest BCUT2D eigenvalue weighted by Crippen LogP contribution is -2.33. The molecule has 2 nitrogen and oxygen atoms in total. The molecule has 2 heteroatoms. The summed E-state index contributed by atoms with van der Waals surface area (Å²) < 4.78 is 0. The van der Waals surface area contributed by atoms with Crippen molar-refractivity contribution in [2.75, 3.05) is 31.1 Å². The second-order valence-electron chi connectivity index (χ2n) is 4.81. The Morgan fingerprint density at radius 1 is 1.22 bits per heavy atom. The molecule has 18 heavy (non-hydrogen) atoms. The summed E-state index contributed by atoms with van der Waals surface area (Å²) in [7, 11) is 0. The summed E-state index contributed by atoms with van der Waals surface area (Å²) in [5.74, 6) is 0. The summed E-state index contributed by atoms with van der Waals surface area (Å²) >= 11 is 0. The third-order valence-corrected chi connectivity index (χ3v) is 2.89. The highest BCUT2D eigenvalue weighted by Gasteiger charge is 2.04. The minimum absolute atomic E-state index is 0.913. The standard InChI is InChI=1S/C16H26N2/c1-4-5-12-18(13-11-17-14-15(2)3)16-9-7-6-8-10-16/h6-10,17H,2,4-5,11-14H2,1,3H3. The molecule has 0 saturated carbocycles. The first kappa shape index (κ1) is 14.8. The Bertz CT molecular complexity index is 332. The van der Waals surface area contributed by atoms with Gasteiger partial charge in [0.15, 0.2) is 0 Å². The van der Waals surface area contributed by atoms with Crippen molar-refractivity contribution in [1.82, 2.24) is 5.32 Å². The van der Waals surface area contributed by atoms with Crippen LogP contribution in [-0.2, 0) is 0 Å². The highest BCUT2D eigenvalue weighted by atomic mass is 15.1. The molecule has 100 valence electrons. The molecule has 1 N–H and O–H groups in total. The summed E-state index contributed by atoms with van der Waals surface area (Å²) in [6.07, 6.45) is 2.48. The van der Waals surface area contributed by atoms with Crippen LogP contribution in [0.3, 0.4) is 0 Å². The number of rotatable bonds is 9. The van der Waals surface area contributed by atoms with E-state index in [4.69, 9.17) is 0 Å². The van der Waals surface area contributed by atoms with Gasteiger partial charge < -0.3 is 10.2 Å². The van der Waals surface area contributed by atoms with Gasteiger partial charge in [-0.05, 0) is 25.5 Å². The zero-order valence-electron chi connectivity index (χ0n) is 11.8. The average molecular weight is 246 g/mol. The van der Waals surface area contributed by atoms with Crippen molar-refractivity contribution in [3.63, 3.8) is 0 Å². The van der Waals surface area contributed by atoms with Crippen LogP contribution in [0.15, 0.2) is 42.5 Å². The SMILES string of the molecule is C=C(C)CNCCN(CCCC)c1ccccc1. The maximum absolute atomic E-state index is 3.90. The van der Waals surface area contributed by atoms with E-state index >= 15 is 0 Å². The summed E-state index contributed by atoms with van der Waals surface area (Å²) in [5, 5.41) is 3.42. The topological polar surface area (TPSA) is 15.3 Å². The van der Waals surface area contributed by atoms with E-state index in [9.17, 15) is 0 Å². The Labute approximate surface area is 112 Å². The lowest BCUT2D eigenvalue weighted by molar-refractivity contribution is 0.663. The van der Waals surface area contributed by atoms with Crippen molar-refractivity contribution in [2.45, 2.75) is 26.7 Å². The molecule has 0 amide bonds. The van der Waals surface area contributed by atoms with Gasteiger partial charge in [0.1, 0.15) is 0 Å². The van der Waals surface area contributed by atoms with Crippen molar-refractivity contribution >= 4 is 5.69 Å². The molecule has 0 saturated heterocycles. The number of nitrogens with one attached hydrogen (secondary N) is 1. The third-order valence-electron chi connectivity index (χ3n) is 2.89. The van der Waals surface area contributed by atoms with Crippen LogP contribution in [0.1, 0.15) is 26.7 Å². The van der Waals surface area contributed by atoms with E-state index in [2.05, 4.69) is 61.0 Å². The molecule has 0 aliphatic rings. The molecule has 0 bridgehead atoms. The van der Waals surface area contributed by atoms with Crippen LogP contribution in [0.5, 0.6) is 0 Å². The molecule has 0 atom stereocenters. The zero-order chi connectivity index (χ0) is 13.2. The van der Waals surface area contributed by atoms with E-state index in [0.29, 0.717) is 0 Å². The van der Waals surface area contributed by atoms with Gasteiger partial charge in [0, 0.05) is 31.9 Å². The molecule has 0 aliphatic carbocycles. The molecule has 0 spiro atoms. The summed E-state index contributed by atoms with van der Waals surface area (Å²) in [4.78, 5) is 2.45. The Kier molecular flexibility index (Phi) is 7.19. The van der Waals surface area contributed by atoms with Gasteiger partial charge in [0.05, 0.1) is 0 Å². The first-order valence-electron chi connectivity index (χ1n) is 6.89. The van der Waals surface area contributed by atoms with E-state index in [0.717, 1.165) is 26.2 Å². The number of para-hydroxylation sites is 1. The van der Waals surface area contributed by atoms with Gasteiger partial charge in [0.25, 0.3) is 0 Å². The van der Waals surface area contributed by atoms with E-state index in [1.807, 2.05) is 0 Å². The lowest BCUT2D eigenvalue weighted by Gasteiger charge is -2.25. The van der Waals surface area contributed by atoms with E-state index in [1.54, 1.807) is 0 Å².